The van der Waals surface area contributed by atoms with Crippen molar-refractivity contribution < 1.29 is 8.42 Å². The number of hydrogen-bond donors (Lipinski definition) is 2. The number of rotatable bonds is 8. The van der Waals surface area contributed by atoms with Gasteiger partial charge in [0.15, 0.2) is 0 Å². The highest BCUT2D eigenvalue weighted by atomic mass is 32.2. The molecule has 1 aromatic heterocycles. The molecule has 0 unspecified atom stereocenters. The first kappa shape index (κ1) is 17.1. The lowest BCUT2D eigenvalue weighted by atomic mass is 10.3. The van der Waals surface area contributed by atoms with E-state index in [1.807, 2.05) is 27.7 Å². The second-order valence-electron chi connectivity index (χ2n) is 5.11. The van der Waals surface area contributed by atoms with Gasteiger partial charge in [-0.25, -0.2) is 8.42 Å². The van der Waals surface area contributed by atoms with Crippen molar-refractivity contribution in [2.75, 3.05) is 13.1 Å². The minimum absolute atomic E-state index is 0.0683. The fourth-order valence-electron chi connectivity index (χ4n) is 2.17. The van der Waals surface area contributed by atoms with Crippen LogP contribution in [0.2, 0.25) is 0 Å². The van der Waals surface area contributed by atoms with Gasteiger partial charge < -0.3 is 5.32 Å². The number of sulfonamides is 1. The molecule has 0 aliphatic rings. The number of nitrogens with one attached hydrogen (secondary N) is 2. The third-order valence-corrected chi connectivity index (χ3v) is 5.37. The molecule has 0 fully saturated rings. The lowest BCUT2D eigenvalue weighted by molar-refractivity contribution is 0.353. The number of hydrogen-bond acceptors (Lipinski definition) is 4. The van der Waals surface area contributed by atoms with Crippen molar-refractivity contribution >= 4 is 10.0 Å². The van der Waals surface area contributed by atoms with Crippen LogP contribution in [0, 0.1) is 6.92 Å². The van der Waals surface area contributed by atoms with Crippen LogP contribution in [0.1, 0.15) is 45.5 Å². The Morgan fingerprint density at radius 2 is 2.00 bits per heavy atom. The maximum atomic E-state index is 12.9. The maximum absolute atomic E-state index is 12.9. The van der Waals surface area contributed by atoms with E-state index in [0.717, 1.165) is 13.0 Å². The van der Waals surface area contributed by atoms with Gasteiger partial charge in [-0.2, -0.15) is 9.40 Å². The predicted octanol–water partition coefficient (Wildman–Crippen LogP) is 1.64. The topological polar surface area (TPSA) is 78.1 Å². The Balaban J connectivity index is 3.22. The molecule has 0 radical (unpaired) electrons. The molecule has 0 spiro atoms. The Kier molecular flexibility index (Phi) is 6.16. The molecule has 1 aromatic rings. The molecule has 0 saturated carbocycles. The monoisotopic (exact) mass is 302 g/mol. The molecule has 0 saturated heterocycles. The minimum Gasteiger partial charge on any atom is -0.311 e. The van der Waals surface area contributed by atoms with Gasteiger partial charge in [0, 0.05) is 19.1 Å². The summed E-state index contributed by atoms with van der Waals surface area (Å²) in [6, 6.07) is -0.0683. The van der Waals surface area contributed by atoms with Crippen molar-refractivity contribution in [3.05, 3.63) is 11.4 Å². The van der Waals surface area contributed by atoms with E-state index < -0.39 is 10.0 Å². The molecule has 2 N–H and O–H groups in total. The molecule has 116 valence electrons. The van der Waals surface area contributed by atoms with Crippen LogP contribution >= 0.6 is 0 Å². The summed E-state index contributed by atoms with van der Waals surface area (Å²) in [6.07, 6.45) is 0.789. The molecule has 20 heavy (non-hydrogen) atoms. The van der Waals surface area contributed by atoms with Crippen LogP contribution in [0.15, 0.2) is 4.90 Å². The summed E-state index contributed by atoms with van der Waals surface area (Å²) in [5.74, 6) is 0. The van der Waals surface area contributed by atoms with E-state index in [2.05, 4.69) is 15.5 Å². The zero-order valence-corrected chi connectivity index (χ0v) is 13.8. The minimum atomic E-state index is -3.51. The molecule has 7 heteroatoms. The molecule has 6 nitrogen and oxygen atoms in total. The fraction of sp³-hybridized carbons (Fsp3) is 0.769. The molecule has 0 atom stereocenters. The Bertz CT molecular complexity index is 522. The lowest BCUT2D eigenvalue weighted by Gasteiger charge is -2.25. The Morgan fingerprint density at radius 1 is 1.35 bits per heavy atom. The van der Waals surface area contributed by atoms with Crippen molar-refractivity contribution in [3.8, 4) is 0 Å². The summed E-state index contributed by atoms with van der Waals surface area (Å²) in [4.78, 5) is 0.320. The van der Waals surface area contributed by atoms with Gasteiger partial charge in [0.2, 0.25) is 10.0 Å². The summed E-state index contributed by atoms with van der Waals surface area (Å²) in [6.45, 7) is 11.2. The summed E-state index contributed by atoms with van der Waals surface area (Å²) in [7, 11) is -3.51. The van der Waals surface area contributed by atoms with E-state index in [1.165, 1.54) is 0 Å². The lowest BCUT2D eigenvalue weighted by Crippen LogP contribution is -2.38. The van der Waals surface area contributed by atoms with Gasteiger partial charge in [-0.05, 0) is 33.7 Å². The van der Waals surface area contributed by atoms with E-state index in [1.54, 1.807) is 11.2 Å². The zero-order valence-electron chi connectivity index (χ0n) is 13.0. The Morgan fingerprint density at radius 3 is 2.50 bits per heavy atom. The standard InChI is InChI=1S/C13H26N4O2S/c1-6-8-17(10(3)4)20(18,19)13-11(5)15-16-12(13)9-14-7-2/h10,14H,6-9H2,1-5H3,(H,15,16). The van der Waals surface area contributed by atoms with E-state index in [4.69, 9.17) is 0 Å². The molecule has 0 aliphatic carbocycles. The molecular formula is C13H26N4O2S. The van der Waals surface area contributed by atoms with Crippen LogP contribution < -0.4 is 5.32 Å². The van der Waals surface area contributed by atoms with Crippen LogP contribution in [0.3, 0.4) is 0 Å². The predicted molar refractivity (Wildman–Crippen MR) is 80.0 cm³/mol. The first-order valence-electron chi connectivity index (χ1n) is 7.12. The quantitative estimate of drug-likeness (QED) is 0.765. The number of aryl methyl sites for hydroxylation is 1. The Labute approximate surface area is 122 Å². The fourth-order valence-corrected chi connectivity index (χ4v) is 4.23. The van der Waals surface area contributed by atoms with Gasteiger partial charge in [-0.1, -0.05) is 13.8 Å². The Hall–Kier alpha value is -0.920. The van der Waals surface area contributed by atoms with Crippen LogP contribution in [-0.2, 0) is 16.6 Å². The van der Waals surface area contributed by atoms with Gasteiger partial charge >= 0.3 is 0 Å². The molecule has 0 aliphatic heterocycles. The third kappa shape index (κ3) is 3.59. The second kappa shape index (κ2) is 7.19. The highest BCUT2D eigenvalue weighted by molar-refractivity contribution is 7.89. The van der Waals surface area contributed by atoms with Crippen LogP contribution in [0.25, 0.3) is 0 Å². The van der Waals surface area contributed by atoms with Crippen molar-refractivity contribution in [1.29, 1.82) is 0 Å². The van der Waals surface area contributed by atoms with Gasteiger partial charge in [0.05, 0.1) is 11.4 Å². The largest absolute Gasteiger partial charge is 0.311 e. The third-order valence-electron chi connectivity index (χ3n) is 3.09. The summed E-state index contributed by atoms with van der Waals surface area (Å²) in [5.41, 5.74) is 1.16. The molecule has 1 rings (SSSR count). The van der Waals surface area contributed by atoms with E-state index in [9.17, 15) is 8.42 Å². The van der Waals surface area contributed by atoms with E-state index in [0.29, 0.717) is 29.4 Å². The number of aromatic nitrogens is 2. The summed E-state index contributed by atoms with van der Waals surface area (Å²) >= 11 is 0. The average Bonchev–Trinajstić information content (AvgIpc) is 2.74. The summed E-state index contributed by atoms with van der Waals surface area (Å²) < 4.78 is 27.3. The smallest absolute Gasteiger partial charge is 0.247 e. The first-order chi connectivity index (χ1) is 9.36. The van der Waals surface area contributed by atoms with Gasteiger partial charge in [-0.3, -0.25) is 5.10 Å². The zero-order chi connectivity index (χ0) is 15.3. The van der Waals surface area contributed by atoms with Crippen molar-refractivity contribution in [1.82, 2.24) is 19.8 Å². The van der Waals surface area contributed by atoms with Crippen LogP contribution in [-0.4, -0.2) is 42.1 Å². The van der Waals surface area contributed by atoms with Crippen molar-refractivity contribution in [2.45, 2.75) is 58.5 Å². The maximum Gasteiger partial charge on any atom is 0.247 e. The molecular weight excluding hydrogens is 276 g/mol. The SMILES string of the molecule is CCCN(C(C)C)S(=O)(=O)c1c(CNCC)n[nH]c1C. The highest BCUT2D eigenvalue weighted by Gasteiger charge is 2.31. The summed E-state index contributed by atoms with van der Waals surface area (Å²) in [5, 5.41) is 10.0. The molecule has 0 amide bonds. The normalized spacial score (nSPS) is 12.6. The van der Waals surface area contributed by atoms with Crippen LogP contribution in [0.5, 0.6) is 0 Å². The van der Waals surface area contributed by atoms with E-state index >= 15 is 0 Å². The van der Waals surface area contributed by atoms with Crippen molar-refractivity contribution in [3.63, 3.8) is 0 Å². The van der Waals surface area contributed by atoms with Gasteiger partial charge in [0.25, 0.3) is 0 Å². The second-order valence-corrected chi connectivity index (χ2v) is 6.94. The van der Waals surface area contributed by atoms with Gasteiger partial charge in [0.1, 0.15) is 4.90 Å². The van der Waals surface area contributed by atoms with E-state index in [-0.39, 0.29) is 6.04 Å². The highest BCUT2D eigenvalue weighted by Crippen LogP contribution is 2.24. The first-order valence-corrected chi connectivity index (χ1v) is 8.56. The van der Waals surface area contributed by atoms with Gasteiger partial charge in [-0.15, -0.1) is 0 Å². The number of aromatic amines is 1. The van der Waals surface area contributed by atoms with Crippen LogP contribution in [0.4, 0.5) is 0 Å². The average molecular weight is 302 g/mol. The number of H-pyrrole nitrogens is 1. The number of nitrogens with zero attached hydrogens (tertiary/aromatic N) is 2. The molecule has 0 aromatic carbocycles. The van der Waals surface area contributed by atoms with Crippen molar-refractivity contribution in [2.24, 2.45) is 0 Å². The molecule has 0 bridgehead atoms. The molecule has 1 heterocycles.